The molecule has 0 fully saturated rings. The van der Waals surface area contributed by atoms with Crippen molar-refractivity contribution < 1.29 is 9.59 Å². The molecule has 0 aliphatic rings. The van der Waals surface area contributed by atoms with Crippen molar-refractivity contribution in [3.8, 4) is 0 Å². The lowest BCUT2D eigenvalue weighted by Gasteiger charge is -2.31. The van der Waals surface area contributed by atoms with Crippen LogP contribution >= 0.6 is 0 Å². The van der Waals surface area contributed by atoms with Gasteiger partial charge in [0.1, 0.15) is 6.04 Å². The molecular weight excluding hydrogens is 372 g/mol. The van der Waals surface area contributed by atoms with Gasteiger partial charge in [-0.3, -0.25) is 9.59 Å². The monoisotopic (exact) mass is 408 g/mol. The number of nitrogens with one attached hydrogen (secondary N) is 1. The molecule has 0 radical (unpaired) electrons. The molecule has 0 saturated carbocycles. The van der Waals surface area contributed by atoms with E-state index in [2.05, 4.69) is 42.6 Å². The fourth-order valence-electron chi connectivity index (χ4n) is 3.52. The summed E-state index contributed by atoms with van der Waals surface area (Å²) >= 11 is 0. The van der Waals surface area contributed by atoms with Crippen LogP contribution in [0.3, 0.4) is 0 Å². The van der Waals surface area contributed by atoms with Gasteiger partial charge in [-0.25, -0.2) is 0 Å². The first kappa shape index (κ1) is 23.7. The number of hydrogen-bond donors (Lipinski definition) is 1. The van der Waals surface area contributed by atoms with Gasteiger partial charge in [0.15, 0.2) is 0 Å². The van der Waals surface area contributed by atoms with Gasteiger partial charge < -0.3 is 10.2 Å². The minimum absolute atomic E-state index is 0.0169. The van der Waals surface area contributed by atoms with Crippen LogP contribution in [0, 0.1) is 13.8 Å². The van der Waals surface area contributed by atoms with Crippen LogP contribution in [0.1, 0.15) is 62.3 Å². The van der Waals surface area contributed by atoms with Crippen molar-refractivity contribution in [2.24, 2.45) is 0 Å². The molecule has 0 aliphatic carbocycles. The molecule has 2 rings (SSSR count). The van der Waals surface area contributed by atoms with E-state index < -0.39 is 6.04 Å². The molecule has 4 nitrogen and oxygen atoms in total. The summed E-state index contributed by atoms with van der Waals surface area (Å²) in [6, 6.07) is 16.0. The average Bonchev–Trinajstić information content (AvgIpc) is 2.72. The van der Waals surface area contributed by atoms with Crippen molar-refractivity contribution in [1.82, 2.24) is 10.2 Å². The topological polar surface area (TPSA) is 49.4 Å². The van der Waals surface area contributed by atoms with Crippen LogP contribution in [0.5, 0.6) is 0 Å². The summed E-state index contributed by atoms with van der Waals surface area (Å²) in [6.45, 7) is 10.6. The largest absolute Gasteiger partial charge is 0.352 e. The Bertz CT molecular complexity index is 829. The minimum atomic E-state index is -0.468. The lowest BCUT2D eigenvalue weighted by Crippen LogP contribution is -2.50. The standard InChI is InChI=1S/C26H36N2O2/c1-6-21(5)27-26(30)24(7-2)28(18-23-10-8-9-20(4)17-23)25(29)16-15-22-13-11-19(3)12-14-22/h8-14,17,21,24H,6-7,15-16,18H2,1-5H3,(H,27,30). The maximum atomic E-state index is 13.3. The van der Waals surface area contributed by atoms with Crippen LogP contribution in [0.15, 0.2) is 48.5 Å². The maximum Gasteiger partial charge on any atom is 0.243 e. The summed E-state index contributed by atoms with van der Waals surface area (Å²) in [5.41, 5.74) is 4.55. The molecule has 0 heterocycles. The Balaban J connectivity index is 2.20. The van der Waals surface area contributed by atoms with Crippen LogP contribution in [0.4, 0.5) is 0 Å². The van der Waals surface area contributed by atoms with Gasteiger partial charge in [-0.2, -0.15) is 0 Å². The van der Waals surface area contributed by atoms with Crippen LogP contribution in [-0.4, -0.2) is 28.8 Å². The third-order valence-corrected chi connectivity index (χ3v) is 5.57. The Morgan fingerprint density at radius 3 is 2.23 bits per heavy atom. The first-order chi connectivity index (χ1) is 14.3. The third kappa shape index (κ3) is 7.01. The number of aryl methyl sites for hydroxylation is 3. The van der Waals surface area contributed by atoms with E-state index in [1.807, 2.05) is 45.9 Å². The first-order valence-electron chi connectivity index (χ1n) is 11.0. The van der Waals surface area contributed by atoms with E-state index in [0.29, 0.717) is 25.8 Å². The smallest absolute Gasteiger partial charge is 0.243 e. The van der Waals surface area contributed by atoms with Gasteiger partial charge in [0.2, 0.25) is 11.8 Å². The van der Waals surface area contributed by atoms with Crippen molar-refractivity contribution in [1.29, 1.82) is 0 Å². The summed E-state index contributed by atoms with van der Waals surface area (Å²) in [6.07, 6.45) is 2.51. The maximum absolute atomic E-state index is 13.3. The second-order valence-electron chi connectivity index (χ2n) is 8.24. The summed E-state index contributed by atoms with van der Waals surface area (Å²) in [7, 11) is 0. The Kier molecular flexibility index (Phi) is 9.10. The molecule has 0 aliphatic heterocycles. The van der Waals surface area contributed by atoms with Crippen molar-refractivity contribution >= 4 is 11.8 Å². The van der Waals surface area contributed by atoms with Crippen molar-refractivity contribution in [3.63, 3.8) is 0 Å². The van der Waals surface area contributed by atoms with E-state index >= 15 is 0 Å². The number of hydrogen-bond acceptors (Lipinski definition) is 2. The van der Waals surface area contributed by atoms with E-state index in [-0.39, 0.29) is 17.9 Å². The molecule has 0 spiro atoms. The lowest BCUT2D eigenvalue weighted by atomic mass is 10.0. The molecule has 1 N–H and O–H groups in total. The van der Waals surface area contributed by atoms with E-state index in [1.165, 1.54) is 5.56 Å². The number of nitrogens with zero attached hydrogens (tertiary/aromatic N) is 1. The molecule has 2 unspecified atom stereocenters. The zero-order valence-electron chi connectivity index (χ0n) is 19.1. The average molecular weight is 409 g/mol. The number of carbonyl (C=O) groups excluding carboxylic acids is 2. The summed E-state index contributed by atoms with van der Waals surface area (Å²) in [5, 5.41) is 3.06. The fourth-order valence-corrected chi connectivity index (χ4v) is 3.52. The molecule has 162 valence electrons. The fraction of sp³-hybridized carbons (Fsp3) is 0.462. The van der Waals surface area contributed by atoms with Gasteiger partial charge in [-0.1, -0.05) is 73.5 Å². The van der Waals surface area contributed by atoms with E-state index in [4.69, 9.17) is 0 Å². The number of carbonyl (C=O) groups is 2. The number of amides is 2. The predicted octanol–water partition coefficient (Wildman–Crippen LogP) is 4.96. The number of rotatable bonds is 10. The second-order valence-corrected chi connectivity index (χ2v) is 8.24. The van der Waals surface area contributed by atoms with E-state index in [0.717, 1.165) is 23.1 Å². The molecular formula is C26H36N2O2. The minimum Gasteiger partial charge on any atom is -0.352 e. The van der Waals surface area contributed by atoms with Crippen molar-refractivity contribution in [2.45, 2.75) is 78.9 Å². The SMILES string of the molecule is CCC(C)NC(=O)C(CC)N(Cc1cccc(C)c1)C(=O)CCc1ccc(C)cc1. The molecule has 2 amide bonds. The molecule has 0 bridgehead atoms. The highest BCUT2D eigenvalue weighted by Gasteiger charge is 2.29. The van der Waals surface area contributed by atoms with Crippen LogP contribution in [-0.2, 0) is 22.6 Å². The van der Waals surface area contributed by atoms with Crippen molar-refractivity contribution in [2.75, 3.05) is 0 Å². The summed E-state index contributed by atoms with van der Waals surface area (Å²) in [4.78, 5) is 28.0. The quantitative estimate of drug-likeness (QED) is 0.604. The Labute approximate surface area is 181 Å². The normalized spacial score (nSPS) is 12.8. The van der Waals surface area contributed by atoms with Gasteiger partial charge in [-0.05, 0) is 51.2 Å². The van der Waals surface area contributed by atoms with E-state index in [1.54, 1.807) is 4.90 Å². The highest BCUT2D eigenvalue weighted by Crippen LogP contribution is 2.16. The van der Waals surface area contributed by atoms with Gasteiger partial charge in [0, 0.05) is 19.0 Å². The highest BCUT2D eigenvalue weighted by molar-refractivity contribution is 5.87. The molecule has 2 aromatic carbocycles. The van der Waals surface area contributed by atoms with Crippen LogP contribution < -0.4 is 5.32 Å². The molecule has 2 atom stereocenters. The second kappa shape index (κ2) is 11.5. The van der Waals surface area contributed by atoms with Gasteiger partial charge in [0.05, 0.1) is 0 Å². The molecule has 0 saturated heterocycles. The first-order valence-corrected chi connectivity index (χ1v) is 11.0. The highest BCUT2D eigenvalue weighted by atomic mass is 16.2. The lowest BCUT2D eigenvalue weighted by molar-refractivity contribution is -0.141. The Morgan fingerprint density at radius 2 is 1.63 bits per heavy atom. The molecule has 0 aromatic heterocycles. The van der Waals surface area contributed by atoms with Crippen LogP contribution in [0.2, 0.25) is 0 Å². The zero-order chi connectivity index (χ0) is 22.1. The van der Waals surface area contributed by atoms with E-state index in [9.17, 15) is 9.59 Å². The van der Waals surface area contributed by atoms with Gasteiger partial charge in [0.25, 0.3) is 0 Å². The number of benzene rings is 2. The molecule has 4 heteroatoms. The molecule has 30 heavy (non-hydrogen) atoms. The zero-order valence-corrected chi connectivity index (χ0v) is 19.1. The van der Waals surface area contributed by atoms with Gasteiger partial charge >= 0.3 is 0 Å². The Morgan fingerprint density at radius 1 is 0.933 bits per heavy atom. The van der Waals surface area contributed by atoms with Gasteiger partial charge in [-0.15, -0.1) is 0 Å². The van der Waals surface area contributed by atoms with Crippen molar-refractivity contribution in [3.05, 3.63) is 70.8 Å². The third-order valence-electron chi connectivity index (χ3n) is 5.57. The predicted molar refractivity (Wildman–Crippen MR) is 123 cm³/mol. The van der Waals surface area contributed by atoms with Crippen LogP contribution in [0.25, 0.3) is 0 Å². The summed E-state index contributed by atoms with van der Waals surface area (Å²) < 4.78 is 0. The molecule has 2 aromatic rings. The Hall–Kier alpha value is -2.62. The summed E-state index contributed by atoms with van der Waals surface area (Å²) in [5.74, 6) is -0.0496.